The van der Waals surface area contributed by atoms with Crippen LogP contribution in [-0.2, 0) is 21.4 Å². The summed E-state index contributed by atoms with van der Waals surface area (Å²) in [5, 5.41) is 8.07. The van der Waals surface area contributed by atoms with Crippen molar-refractivity contribution in [2.45, 2.75) is 24.4 Å². The molecule has 1 amide bonds. The zero-order valence-corrected chi connectivity index (χ0v) is 17.2. The van der Waals surface area contributed by atoms with Crippen LogP contribution in [-0.4, -0.2) is 42.5 Å². The summed E-state index contributed by atoms with van der Waals surface area (Å²) in [6.45, 7) is 1.57. The Labute approximate surface area is 168 Å². The lowest BCUT2D eigenvalue weighted by Gasteiger charge is -2.16. The molecule has 152 valence electrons. The Hall–Kier alpha value is -3.04. The van der Waals surface area contributed by atoms with Gasteiger partial charge in [0.05, 0.1) is 22.5 Å². The molecule has 29 heavy (non-hydrogen) atoms. The average molecular weight is 414 g/mol. The van der Waals surface area contributed by atoms with Gasteiger partial charge in [-0.3, -0.25) is 9.59 Å². The molecule has 9 heteroatoms. The molecule has 8 nitrogen and oxygen atoms in total. The number of nitrogens with one attached hydrogen (secondary N) is 1. The fourth-order valence-corrected chi connectivity index (χ4v) is 3.79. The number of aromatic nitrogens is 2. The average Bonchev–Trinajstić information content (AvgIpc) is 2.70. The molecule has 0 aliphatic carbocycles. The first-order valence-corrected chi connectivity index (χ1v) is 10.4. The van der Waals surface area contributed by atoms with Crippen molar-refractivity contribution in [3.63, 3.8) is 0 Å². The highest BCUT2D eigenvalue weighted by molar-refractivity contribution is 7.89. The monoisotopic (exact) mass is 414 g/mol. The molecule has 0 saturated heterocycles. The fraction of sp³-hybridized carbons (Fsp3) is 0.250. The highest BCUT2D eigenvalue weighted by atomic mass is 32.2. The normalized spacial score (nSPS) is 12.8. The van der Waals surface area contributed by atoms with Crippen molar-refractivity contribution in [2.24, 2.45) is 0 Å². The van der Waals surface area contributed by atoms with Crippen LogP contribution in [0.5, 0.6) is 0 Å². The van der Waals surface area contributed by atoms with Gasteiger partial charge in [0.1, 0.15) is 6.54 Å². The van der Waals surface area contributed by atoms with Gasteiger partial charge in [-0.05, 0) is 30.7 Å². The molecule has 0 spiro atoms. The lowest BCUT2D eigenvalue weighted by Crippen LogP contribution is -2.35. The second-order valence-electron chi connectivity index (χ2n) is 6.84. The Morgan fingerprint density at radius 1 is 1.14 bits per heavy atom. The van der Waals surface area contributed by atoms with E-state index in [4.69, 9.17) is 0 Å². The van der Waals surface area contributed by atoms with Crippen LogP contribution in [0.4, 0.5) is 0 Å². The number of sulfonamides is 1. The molecule has 0 bridgehead atoms. The maximum atomic E-state index is 12.5. The fourth-order valence-electron chi connectivity index (χ4n) is 2.89. The molecule has 2 aromatic carbocycles. The molecule has 1 aromatic heterocycles. The van der Waals surface area contributed by atoms with E-state index in [0.29, 0.717) is 5.39 Å². The highest BCUT2D eigenvalue weighted by Crippen LogP contribution is 2.18. The number of rotatable bonds is 6. The molecule has 0 radical (unpaired) electrons. The van der Waals surface area contributed by atoms with E-state index in [1.165, 1.54) is 26.2 Å². The molecule has 0 aliphatic rings. The van der Waals surface area contributed by atoms with Crippen molar-refractivity contribution in [1.82, 2.24) is 19.4 Å². The van der Waals surface area contributed by atoms with Gasteiger partial charge >= 0.3 is 0 Å². The van der Waals surface area contributed by atoms with E-state index >= 15 is 0 Å². The van der Waals surface area contributed by atoms with Crippen LogP contribution >= 0.6 is 0 Å². The topological polar surface area (TPSA) is 101 Å². The zero-order chi connectivity index (χ0) is 21.2. The van der Waals surface area contributed by atoms with E-state index in [-0.39, 0.29) is 28.9 Å². The van der Waals surface area contributed by atoms with Crippen molar-refractivity contribution in [3.05, 3.63) is 70.6 Å². The van der Waals surface area contributed by atoms with Gasteiger partial charge in [0.15, 0.2) is 0 Å². The van der Waals surface area contributed by atoms with Crippen LogP contribution in [0.25, 0.3) is 10.8 Å². The third-order valence-corrected chi connectivity index (χ3v) is 6.42. The van der Waals surface area contributed by atoms with Crippen LogP contribution in [0.2, 0.25) is 0 Å². The minimum Gasteiger partial charge on any atom is -0.348 e. The van der Waals surface area contributed by atoms with Crippen molar-refractivity contribution in [2.75, 3.05) is 14.1 Å². The van der Waals surface area contributed by atoms with E-state index < -0.39 is 10.0 Å². The summed E-state index contributed by atoms with van der Waals surface area (Å²) in [6.07, 6.45) is 1.55. The smallest absolute Gasteiger partial charge is 0.275 e. The van der Waals surface area contributed by atoms with Crippen molar-refractivity contribution < 1.29 is 13.2 Å². The SMILES string of the molecule is CC(NC(=O)Cn1ncc2ccccc2c1=O)c1ccc(S(=O)(=O)N(C)C)cc1. The number of amides is 1. The van der Waals surface area contributed by atoms with Crippen LogP contribution in [0, 0.1) is 0 Å². The van der Waals surface area contributed by atoms with Gasteiger partial charge in [0.2, 0.25) is 15.9 Å². The van der Waals surface area contributed by atoms with Crippen molar-refractivity contribution in [3.8, 4) is 0 Å². The molecule has 1 unspecified atom stereocenters. The molecule has 0 saturated carbocycles. The van der Waals surface area contributed by atoms with Crippen molar-refractivity contribution >= 4 is 26.7 Å². The van der Waals surface area contributed by atoms with Crippen LogP contribution in [0.1, 0.15) is 18.5 Å². The predicted octanol–water partition coefficient (Wildman–Crippen LogP) is 1.52. The predicted molar refractivity (Wildman–Crippen MR) is 110 cm³/mol. The summed E-state index contributed by atoms with van der Waals surface area (Å²) in [5.41, 5.74) is 0.416. The number of benzene rings is 2. The first-order chi connectivity index (χ1) is 13.7. The molecular formula is C20H22N4O4S. The molecule has 1 atom stereocenters. The number of carbonyl (C=O) groups excluding carboxylic acids is 1. The molecule has 0 fully saturated rings. The van der Waals surface area contributed by atoms with Crippen LogP contribution in [0.3, 0.4) is 0 Å². The number of carbonyl (C=O) groups is 1. The second kappa shape index (κ2) is 8.14. The Morgan fingerprint density at radius 3 is 2.45 bits per heavy atom. The summed E-state index contributed by atoms with van der Waals surface area (Å²) in [7, 11) is -0.572. The van der Waals surface area contributed by atoms with Crippen LogP contribution in [0.15, 0.2) is 64.4 Å². The summed E-state index contributed by atoms with van der Waals surface area (Å²) in [6, 6.07) is 13.0. The summed E-state index contributed by atoms with van der Waals surface area (Å²) < 4.78 is 26.5. The zero-order valence-electron chi connectivity index (χ0n) is 16.4. The summed E-state index contributed by atoms with van der Waals surface area (Å²) in [5.74, 6) is -0.368. The highest BCUT2D eigenvalue weighted by Gasteiger charge is 2.18. The quantitative estimate of drug-likeness (QED) is 0.659. The summed E-state index contributed by atoms with van der Waals surface area (Å²) >= 11 is 0. The van der Waals surface area contributed by atoms with Crippen molar-refractivity contribution in [1.29, 1.82) is 0 Å². The second-order valence-corrected chi connectivity index (χ2v) is 8.99. The standard InChI is InChI=1S/C20H22N4O4S/c1-14(15-8-10-17(11-9-15)29(27,28)23(2)3)22-19(25)13-24-20(26)18-7-5-4-6-16(18)12-21-24/h4-12,14H,13H2,1-3H3,(H,22,25). The lowest BCUT2D eigenvalue weighted by molar-refractivity contribution is -0.122. The third kappa shape index (κ3) is 4.36. The van der Waals surface area contributed by atoms with E-state index in [1.807, 2.05) is 6.07 Å². The Kier molecular flexibility index (Phi) is 5.81. The molecule has 0 aliphatic heterocycles. The van der Waals surface area contributed by atoms with E-state index in [9.17, 15) is 18.0 Å². The Morgan fingerprint density at radius 2 is 1.79 bits per heavy atom. The molecule has 3 rings (SSSR count). The molecule has 1 heterocycles. The van der Waals surface area contributed by atoms with E-state index in [0.717, 1.165) is 19.9 Å². The molecular weight excluding hydrogens is 392 g/mol. The maximum Gasteiger partial charge on any atom is 0.275 e. The largest absolute Gasteiger partial charge is 0.348 e. The minimum absolute atomic E-state index is 0.177. The number of hydrogen-bond acceptors (Lipinski definition) is 5. The number of nitrogens with zero attached hydrogens (tertiary/aromatic N) is 3. The van der Waals surface area contributed by atoms with E-state index in [2.05, 4.69) is 10.4 Å². The van der Waals surface area contributed by atoms with Gasteiger partial charge in [-0.15, -0.1) is 0 Å². The Bertz CT molecular complexity index is 1200. The van der Waals surface area contributed by atoms with Gasteiger partial charge < -0.3 is 5.32 Å². The summed E-state index contributed by atoms with van der Waals surface area (Å²) in [4.78, 5) is 25.0. The van der Waals surface area contributed by atoms with Gasteiger partial charge in [-0.25, -0.2) is 17.4 Å². The Balaban J connectivity index is 1.71. The van der Waals surface area contributed by atoms with E-state index in [1.54, 1.807) is 43.5 Å². The first-order valence-electron chi connectivity index (χ1n) is 8.97. The number of hydrogen-bond donors (Lipinski definition) is 1. The van der Waals surface area contributed by atoms with Gasteiger partial charge in [-0.1, -0.05) is 30.3 Å². The van der Waals surface area contributed by atoms with Gasteiger partial charge in [0, 0.05) is 19.5 Å². The maximum absolute atomic E-state index is 12.5. The van der Waals surface area contributed by atoms with Crippen LogP contribution < -0.4 is 10.9 Å². The molecule has 1 N–H and O–H groups in total. The first kappa shape index (κ1) is 20.7. The molecule has 3 aromatic rings. The van der Waals surface area contributed by atoms with Gasteiger partial charge in [0.25, 0.3) is 5.56 Å². The van der Waals surface area contributed by atoms with Gasteiger partial charge in [-0.2, -0.15) is 5.10 Å². The number of fused-ring (bicyclic) bond motifs is 1. The lowest BCUT2D eigenvalue weighted by atomic mass is 10.1. The minimum atomic E-state index is -3.51. The third-order valence-electron chi connectivity index (χ3n) is 4.59.